The van der Waals surface area contributed by atoms with E-state index >= 15 is 0 Å². The summed E-state index contributed by atoms with van der Waals surface area (Å²) in [5, 5.41) is 7.16. The van der Waals surface area contributed by atoms with E-state index in [4.69, 9.17) is 9.47 Å². The Morgan fingerprint density at radius 1 is 1.25 bits per heavy atom. The number of carbonyl (C=O) groups excluding carboxylic acids is 1. The van der Waals surface area contributed by atoms with Gasteiger partial charge in [-0.3, -0.25) is 9.48 Å². The molecule has 1 fully saturated rings. The molecule has 1 saturated carbocycles. The second-order valence-electron chi connectivity index (χ2n) is 5.88. The van der Waals surface area contributed by atoms with Gasteiger partial charge in [0.15, 0.2) is 11.5 Å². The molecule has 0 aliphatic heterocycles. The highest BCUT2D eigenvalue weighted by molar-refractivity contribution is 6.04. The van der Waals surface area contributed by atoms with Crippen molar-refractivity contribution in [2.24, 2.45) is 5.92 Å². The maximum absolute atomic E-state index is 12.4. The van der Waals surface area contributed by atoms with Crippen LogP contribution in [0.2, 0.25) is 0 Å². The minimum atomic E-state index is -0.190. The first-order valence-electron chi connectivity index (χ1n) is 8.43. The van der Waals surface area contributed by atoms with Gasteiger partial charge in [0.05, 0.1) is 25.1 Å². The van der Waals surface area contributed by atoms with Crippen molar-refractivity contribution in [3.8, 4) is 11.5 Å². The second kappa shape index (κ2) is 7.38. The van der Waals surface area contributed by atoms with Crippen LogP contribution in [0, 0.1) is 5.92 Å². The fourth-order valence-corrected chi connectivity index (χ4v) is 2.49. The highest BCUT2D eigenvalue weighted by Gasteiger charge is 2.22. The molecule has 1 aromatic heterocycles. The van der Waals surface area contributed by atoms with E-state index in [0.29, 0.717) is 36.0 Å². The van der Waals surface area contributed by atoms with E-state index in [0.717, 1.165) is 12.5 Å². The quantitative estimate of drug-likeness (QED) is 0.806. The monoisotopic (exact) mass is 329 g/mol. The van der Waals surface area contributed by atoms with Crippen LogP contribution in [-0.4, -0.2) is 28.9 Å². The summed E-state index contributed by atoms with van der Waals surface area (Å²) in [6.45, 7) is 5.80. The summed E-state index contributed by atoms with van der Waals surface area (Å²) in [6, 6.07) is 5.20. The van der Waals surface area contributed by atoms with E-state index in [2.05, 4.69) is 10.4 Å². The van der Waals surface area contributed by atoms with Gasteiger partial charge >= 0.3 is 0 Å². The normalized spacial score (nSPS) is 13.6. The van der Waals surface area contributed by atoms with Crippen LogP contribution in [0.15, 0.2) is 30.6 Å². The number of rotatable bonds is 8. The first-order valence-corrected chi connectivity index (χ1v) is 8.43. The number of nitrogens with one attached hydrogen (secondary N) is 1. The minimum absolute atomic E-state index is 0.190. The summed E-state index contributed by atoms with van der Waals surface area (Å²) >= 11 is 0. The van der Waals surface area contributed by atoms with E-state index in [-0.39, 0.29) is 5.91 Å². The lowest BCUT2D eigenvalue weighted by molar-refractivity contribution is 0.102. The Balaban J connectivity index is 1.69. The fourth-order valence-electron chi connectivity index (χ4n) is 2.49. The van der Waals surface area contributed by atoms with Gasteiger partial charge in [-0.05, 0) is 50.8 Å². The highest BCUT2D eigenvalue weighted by Crippen LogP contribution is 2.31. The predicted octanol–water partition coefficient (Wildman–Crippen LogP) is 3.34. The number of benzene rings is 1. The van der Waals surface area contributed by atoms with Gasteiger partial charge < -0.3 is 14.8 Å². The van der Waals surface area contributed by atoms with Crippen LogP contribution >= 0.6 is 0 Å². The van der Waals surface area contributed by atoms with Gasteiger partial charge in [0.2, 0.25) is 0 Å². The molecule has 1 amide bonds. The second-order valence-corrected chi connectivity index (χ2v) is 5.88. The van der Waals surface area contributed by atoms with Crippen LogP contribution in [0.5, 0.6) is 11.5 Å². The molecular weight excluding hydrogens is 306 g/mol. The molecule has 1 aliphatic rings. The summed E-state index contributed by atoms with van der Waals surface area (Å²) in [4.78, 5) is 12.4. The third-order valence-electron chi connectivity index (χ3n) is 3.84. The number of amides is 1. The smallest absolute Gasteiger partial charge is 0.255 e. The molecule has 128 valence electrons. The maximum Gasteiger partial charge on any atom is 0.255 e. The average Bonchev–Trinajstić information content (AvgIpc) is 3.28. The third kappa shape index (κ3) is 4.07. The molecule has 1 aliphatic carbocycles. The molecule has 6 nitrogen and oxygen atoms in total. The van der Waals surface area contributed by atoms with Crippen molar-refractivity contribution in [2.45, 2.75) is 33.2 Å². The molecule has 0 atom stereocenters. The summed E-state index contributed by atoms with van der Waals surface area (Å²) in [7, 11) is 0. The van der Waals surface area contributed by atoms with Gasteiger partial charge in [-0.15, -0.1) is 0 Å². The van der Waals surface area contributed by atoms with Gasteiger partial charge in [-0.25, -0.2) is 0 Å². The molecule has 1 heterocycles. The van der Waals surface area contributed by atoms with Gasteiger partial charge in [0.25, 0.3) is 5.91 Å². The summed E-state index contributed by atoms with van der Waals surface area (Å²) in [5.74, 6) is 1.78. The zero-order valence-corrected chi connectivity index (χ0v) is 14.1. The molecule has 0 saturated heterocycles. The number of anilines is 1. The van der Waals surface area contributed by atoms with Crippen molar-refractivity contribution >= 4 is 11.6 Å². The standard InChI is InChI=1S/C18H23N3O3/c1-3-23-16-8-7-14(9-17(16)24-4-2)18(22)20-15-10-19-21(12-15)11-13-5-6-13/h7-10,12-13H,3-6,11H2,1-2H3,(H,20,22). The van der Waals surface area contributed by atoms with Crippen LogP contribution in [0.25, 0.3) is 0 Å². The number of nitrogens with zero attached hydrogens (tertiary/aromatic N) is 2. The molecule has 0 unspecified atom stereocenters. The van der Waals surface area contributed by atoms with Crippen molar-refractivity contribution in [1.82, 2.24) is 9.78 Å². The third-order valence-corrected chi connectivity index (χ3v) is 3.84. The van der Waals surface area contributed by atoms with Gasteiger partial charge in [-0.2, -0.15) is 5.10 Å². The molecule has 0 spiro atoms. The Morgan fingerprint density at radius 2 is 2.00 bits per heavy atom. The van der Waals surface area contributed by atoms with Crippen molar-refractivity contribution < 1.29 is 14.3 Å². The van der Waals surface area contributed by atoms with E-state index < -0.39 is 0 Å². The number of ether oxygens (including phenoxy) is 2. The molecule has 2 aromatic rings. The van der Waals surface area contributed by atoms with Gasteiger partial charge in [0.1, 0.15) is 0 Å². The molecule has 6 heteroatoms. The Kier molecular flexibility index (Phi) is 5.03. The largest absolute Gasteiger partial charge is 0.490 e. The molecule has 0 radical (unpaired) electrons. The lowest BCUT2D eigenvalue weighted by Gasteiger charge is -2.12. The van der Waals surface area contributed by atoms with E-state index in [1.54, 1.807) is 24.4 Å². The van der Waals surface area contributed by atoms with Crippen LogP contribution in [0.3, 0.4) is 0 Å². The Hall–Kier alpha value is -2.50. The summed E-state index contributed by atoms with van der Waals surface area (Å²) in [5.41, 5.74) is 1.23. The highest BCUT2D eigenvalue weighted by atomic mass is 16.5. The minimum Gasteiger partial charge on any atom is -0.490 e. The van der Waals surface area contributed by atoms with E-state index in [1.165, 1.54) is 12.8 Å². The Bertz CT molecular complexity index is 707. The van der Waals surface area contributed by atoms with Crippen molar-refractivity contribution in [3.63, 3.8) is 0 Å². The molecule has 24 heavy (non-hydrogen) atoms. The van der Waals surface area contributed by atoms with Crippen LogP contribution in [0.4, 0.5) is 5.69 Å². The predicted molar refractivity (Wildman–Crippen MR) is 91.7 cm³/mol. The van der Waals surface area contributed by atoms with Crippen molar-refractivity contribution in [3.05, 3.63) is 36.2 Å². The number of hydrogen-bond donors (Lipinski definition) is 1. The molecular formula is C18H23N3O3. The number of carbonyl (C=O) groups is 1. The van der Waals surface area contributed by atoms with Crippen molar-refractivity contribution in [2.75, 3.05) is 18.5 Å². The van der Waals surface area contributed by atoms with Crippen molar-refractivity contribution in [1.29, 1.82) is 0 Å². The van der Waals surface area contributed by atoms with Crippen LogP contribution < -0.4 is 14.8 Å². The zero-order chi connectivity index (χ0) is 16.9. The van der Waals surface area contributed by atoms with E-state index in [9.17, 15) is 4.79 Å². The first kappa shape index (κ1) is 16.4. The number of hydrogen-bond acceptors (Lipinski definition) is 4. The van der Waals surface area contributed by atoms with Gasteiger partial charge in [-0.1, -0.05) is 0 Å². The zero-order valence-electron chi connectivity index (χ0n) is 14.1. The van der Waals surface area contributed by atoms with Crippen LogP contribution in [0.1, 0.15) is 37.0 Å². The molecule has 1 aromatic carbocycles. The first-order chi connectivity index (χ1) is 11.7. The van der Waals surface area contributed by atoms with Crippen LogP contribution in [-0.2, 0) is 6.54 Å². The lowest BCUT2D eigenvalue weighted by Crippen LogP contribution is -2.12. The summed E-state index contributed by atoms with van der Waals surface area (Å²) in [6.07, 6.45) is 6.09. The maximum atomic E-state index is 12.4. The topological polar surface area (TPSA) is 65.4 Å². The molecule has 0 bridgehead atoms. The Morgan fingerprint density at radius 3 is 2.71 bits per heavy atom. The van der Waals surface area contributed by atoms with E-state index in [1.807, 2.05) is 24.7 Å². The summed E-state index contributed by atoms with van der Waals surface area (Å²) < 4.78 is 13.0. The molecule has 3 rings (SSSR count). The Labute approximate surface area is 141 Å². The fraction of sp³-hybridized carbons (Fsp3) is 0.444. The lowest BCUT2D eigenvalue weighted by atomic mass is 10.2. The van der Waals surface area contributed by atoms with Gasteiger partial charge in [0, 0.05) is 18.3 Å². The molecule has 1 N–H and O–H groups in total. The SMILES string of the molecule is CCOc1ccc(C(=O)Nc2cnn(CC3CC3)c2)cc1OCC. The number of aromatic nitrogens is 2. The average molecular weight is 329 g/mol.